The lowest BCUT2D eigenvalue weighted by Gasteiger charge is -2.20. The molecule has 0 spiro atoms. The lowest BCUT2D eigenvalue weighted by molar-refractivity contribution is -0.134. The van der Waals surface area contributed by atoms with Gasteiger partial charge in [-0.15, -0.1) is 0 Å². The van der Waals surface area contributed by atoms with Crippen molar-refractivity contribution in [1.82, 2.24) is 13.8 Å². The molecule has 11 heteroatoms. The van der Waals surface area contributed by atoms with Crippen molar-refractivity contribution in [3.63, 3.8) is 0 Å². The fraction of sp³-hybridized carbons (Fsp3) is 0.556. The van der Waals surface area contributed by atoms with Gasteiger partial charge >= 0.3 is 5.97 Å². The minimum atomic E-state index is -3.67. The third-order valence-electron chi connectivity index (χ3n) is 4.56. The summed E-state index contributed by atoms with van der Waals surface area (Å²) in [5.74, 6) is -1.35. The summed E-state index contributed by atoms with van der Waals surface area (Å²) in [7, 11) is -2.15. The second-order valence-corrected chi connectivity index (χ2v) is 8.49. The number of esters is 1. The Bertz CT molecular complexity index is 917. The molecule has 156 valence electrons. The molecule has 0 unspecified atom stereocenters. The Hall–Kier alpha value is -2.89. The van der Waals surface area contributed by atoms with E-state index in [4.69, 9.17) is 15.3 Å². The highest BCUT2D eigenvalue weighted by Crippen LogP contribution is 2.22. The van der Waals surface area contributed by atoms with Gasteiger partial charge in [0.25, 0.3) is 5.91 Å². The van der Waals surface area contributed by atoms with E-state index >= 15 is 0 Å². The maximum absolute atomic E-state index is 12.6. The second-order valence-electron chi connectivity index (χ2n) is 6.56. The molecule has 10 nitrogen and oxygen atoms in total. The quantitative estimate of drug-likeness (QED) is 0.533. The maximum Gasteiger partial charge on any atom is 0.355 e. The number of ether oxygens (including phenoxy) is 1. The van der Waals surface area contributed by atoms with Crippen molar-refractivity contribution < 1.29 is 22.7 Å². The van der Waals surface area contributed by atoms with Crippen LogP contribution < -0.4 is 0 Å². The van der Waals surface area contributed by atoms with Gasteiger partial charge in [0, 0.05) is 39.4 Å². The minimum Gasteiger partial charge on any atom is -0.451 e. The van der Waals surface area contributed by atoms with Crippen molar-refractivity contribution in [2.45, 2.75) is 30.6 Å². The van der Waals surface area contributed by atoms with Crippen molar-refractivity contribution in [1.29, 1.82) is 10.5 Å². The first kappa shape index (κ1) is 22.4. The van der Waals surface area contributed by atoms with Gasteiger partial charge in [-0.2, -0.15) is 14.8 Å². The highest BCUT2D eigenvalue weighted by molar-refractivity contribution is 7.89. The van der Waals surface area contributed by atoms with Gasteiger partial charge in [-0.3, -0.25) is 4.79 Å². The van der Waals surface area contributed by atoms with Gasteiger partial charge < -0.3 is 14.2 Å². The van der Waals surface area contributed by atoms with Crippen LogP contribution in [0, 0.1) is 22.7 Å². The van der Waals surface area contributed by atoms with Crippen LogP contribution in [0.25, 0.3) is 0 Å². The third-order valence-corrected chi connectivity index (χ3v) is 6.42. The van der Waals surface area contributed by atoms with Gasteiger partial charge in [0.15, 0.2) is 6.61 Å². The molecule has 29 heavy (non-hydrogen) atoms. The summed E-state index contributed by atoms with van der Waals surface area (Å²) in [5, 5.41) is 17.3. The molecular weight excluding hydrogens is 398 g/mol. The fourth-order valence-corrected chi connectivity index (χ4v) is 4.57. The molecule has 0 saturated carbocycles. The first-order valence-corrected chi connectivity index (χ1v) is 10.6. The molecule has 1 amide bonds. The smallest absolute Gasteiger partial charge is 0.355 e. The zero-order valence-electron chi connectivity index (χ0n) is 16.2. The molecule has 0 radical (unpaired) electrons. The van der Waals surface area contributed by atoms with Gasteiger partial charge in [-0.1, -0.05) is 0 Å². The number of nitrogens with zero attached hydrogens (tertiary/aromatic N) is 5. The van der Waals surface area contributed by atoms with E-state index in [1.54, 1.807) is 0 Å². The van der Waals surface area contributed by atoms with E-state index in [0.717, 1.165) is 12.8 Å². The van der Waals surface area contributed by atoms with Gasteiger partial charge in [0.2, 0.25) is 10.0 Å². The van der Waals surface area contributed by atoms with E-state index < -0.39 is 28.5 Å². The Morgan fingerprint density at radius 1 is 1.17 bits per heavy atom. The van der Waals surface area contributed by atoms with Crippen LogP contribution in [0.2, 0.25) is 0 Å². The van der Waals surface area contributed by atoms with Crippen LogP contribution in [0.3, 0.4) is 0 Å². The predicted octanol–water partition coefficient (Wildman–Crippen LogP) is 0.622. The van der Waals surface area contributed by atoms with Crippen LogP contribution in [-0.4, -0.2) is 66.9 Å². The van der Waals surface area contributed by atoms with Crippen molar-refractivity contribution >= 4 is 21.9 Å². The average Bonchev–Trinajstić information content (AvgIpc) is 3.36. The molecule has 0 bridgehead atoms. The molecule has 1 aromatic heterocycles. The lowest BCUT2D eigenvalue weighted by atomic mass is 10.3. The first-order valence-electron chi connectivity index (χ1n) is 9.16. The Morgan fingerprint density at radius 3 is 2.31 bits per heavy atom. The van der Waals surface area contributed by atoms with Crippen LogP contribution in [0.15, 0.2) is 17.2 Å². The average molecular weight is 421 g/mol. The number of aryl methyl sites for hydroxylation is 1. The normalized spacial score (nSPS) is 14.2. The van der Waals surface area contributed by atoms with E-state index in [-0.39, 0.29) is 36.5 Å². The summed E-state index contributed by atoms with van der Waals surface area (Å²) in [6.07, 6.45) is 3.15. The molecule has 0 aliphatic carbocycles. The number of carbonyl (C=O) groups is 2. The van der Waals surface area contributed by atoms with Gasteiger partial charge in [-0.05, 0) is 18.9 Å². The summed E-state index contributed by atoms with van der Waals surface area (Å²) < 4.78 is 33.0. The first-order chi connectivity index (χ1) is 13.8. The standard InChI is InChI=1S/C18H23N5O5S/c1-21-13-15(29(26,27)23-10-2-3-11-23)12-16(21)18(25)28-14-17(24)22(8-4-6-19)9-5-7-20/h12-13H,2-5,8-11,14H2,1H3. The Labute approximate surface area is 169 Å². The van der Waals surface area contributed by atoms with E-state index in [2.05, 4.69) is 0 Å². The third kappa shape index (κ3) is 5.56. The van der Waals surface area contributed by atoms with Crippen molar-refractivity contribution in [2.24, 2.45) is 7.05 Å². The summed E-state index contributed by atoms with van der Waals surface area (Å²) in [6.45, 7) is 0.614. The SMILES string of the molecule is Cn1cc(S(=O)(=O)N2CCCC2)cc1C(=O)OCC(=O)N(CCC#N)CCC#N. The summed E-state index contributed by atoms with van der Waals surface area (Å²) in [5.41, 5.74) is 0.0103. The molecule has 0 aromatic carbocycles. The largest absolute Gasteiger partial charge is 0.451 e. The Morgan fingerprint density at radius 2 is 1.76 bits per heavy atom. The lowest BCUT2D eigenvalue weighted by Crippen LogP contribution is -2.36. The number of nitriles is 2. The van der Waals surface area contributed by atoms with E-state index in [9.17, 15) is 18.0 Å². The number of hydrogen-bond acceptors (Lipinski definition) is 7. The zero-order valence-corrected chi connectivity index (χ0v) is 17.0. The number of hydrogen-bond donors (Lipinski definition) is 0. The molecule has 0 atom stereocenters. The number of aromatic nitrogens is 1. The van der Waals surface area contributed by atoms with Gasteiger partial charge in [0.1, 0.15) is 10.6 Å². The molecule has 2 rings (SSSR count). The van der Waals surface area contributed by atoms with Crippen LogP contribution in [0.1, 0.15) is 36.2 Å². The summed E-state index contributed by atoms with van der Waals surface area (Å²) >= 11 is 0. The molecular formula is C18H23N5O5S. The van der Waals surface area contributed by atoms with Crippen LogP contribution >= 0.6 is 0 Å². The summed E-state index contributed by atoms with van der Waals surface area (Å²) in [4.78, 5) is 25.9. The molecule has 1 aliphatic heterocycles. The second kappa shape index (κ2) is 10.0. The van der Waals surface area contributed by atoms with Crippen LogP contribution in [0.5, 0.6) is 0 Å². The fourth-order valence-electron chi connectivity index (χ4n) is 2.98. The van der Waals surface area contributed by atoms with Crippen molar-refractivity contribution in [2.75, 3.05) is 32.8 Å². The highest BCUT2D eigenvalue weighted by atomic mass is 32.2. The molecule has 1 aromatic rings. The zero-order chi connectivity index (χ0) is 21.4. The van der Waals surface area contributed by atoms with Gasteiger partial charge in [0.05, 0.1) is 25.0 Å². The van der Waals surface area contributed by atoms with Gasteiger partial charge in [-0.25, -0.2) is 13.2 Å². The Balaban J connectivity index is 2.03. The number of rotatable bonds is 9. The molecule has 1 aliphatic rings. The topological polar surface area (TPSA) is 136 Å². The van der Waals surface area contributed by atoms with Crippen LogP contribution in [0.4, 0.5) is 0 Å². The van der Waals surface area contributed by atoms with E-state index in [1.807, 2.05) is 12.1 Å². The van der Waals surface area contributed by atoms with E-state index in [0.29, 0.717) is 13.1 Å². The van der Waals surface area contributed by atoms with Crippen molar-refractivity contribution in [3.05, 3.63) is 18.0 Å². The summed E-state index contributed by atoms with van der Waals surface area (Å²) in [6, 6.07) is 5.08. The highest BCUT2D eigenvalue weighted by Gasteiger charge is 2.30. The predicted molar refractivity (Wildman–Crippen MR) is 101 cm³/mol. The Kier molecular flexibility index (Phi) is 7.76. The molecule has 0 N–H and O–H groups in total. The monoisotopic (exact) mass is 421 g/mol. The minimum absolute atomic E-state index is 0.00448. The van der Waals surface area contributed by atoms with Crippen LogP contribution in [-0.2, 0) is 26.6 Å². The van der Waals surface area contributed by atoms with Crippen molar-refractivity contribution in [3.8, 4) is 12.1 Å². The maximum atomic E-state index is 12.6. The molecule has 1 fully saturated rings. The molecule has 1 saturated heterocycles. The molecule has 2 heterocycles. The number of amides is 1. The number of sulfonamides is 1. The number of carbonyl (C=O) groups excluding carboxylic acids is 2. The van der Waals surface area contributed by atoms with E-state index in [1.165, 1.54) is 33.1 Å².